The molecule has 2 N–H and O–H groups in total. The number of aromatic nitrogens is 4. The Morgan fingerprint density at radius 2 is 1.84 bits per heavy atom. The molecule has 1 unspecified atom stereocenters. The topological polar surface area (TPSA) is 144 Å². The molecule has 2 amide bonds. The van der Waals surface area contributed by atoms with E-state index in [1.807, 2.05) is 44.2 Å². The minimum absolute atomic E-state index is 0.0471. The minimum atomic E-state index is -3.84. The Morgan fingerprint density at radius 1 is 1.11 bits per heavy atom. The first-order chi connectivity index (χ1) is 21.6. The number of amides is 2. The van der Waals surface area contributed by atoms with Crippen molar-refractivity contribution in [3.63, 3.8) is 0 Å². The van der Waals surface area contributed by atoms with Crippen molar-refractivity contribution >= 4 is 21.8 Å². The first-order valence-corrected chi connectivity index (χ1v) is 17.2. The maximum Gasteiger partial charge on any atom is 0.329 e. The lowest BCUT2D eigenvalue weighted by atomic mass is 10.0. The number of piperidine rings is 1. The third kappa shape index (κ3) is 7.23. The Labute approximate surface area is 264 Å². The number of benzene rings is 1. The molecule has 5 rings (SSSR count). The largest absolute Gasteiger partial charge is 0.356 e. The zero-order chi connectivity index (χ0) is 32.1. The van der Waals surface area contributed by atoms with Crippen LogP contribution in [0.15, 0.2) is 52.4 Å². The molecule has 2 saturated heterocycles. The highest BCUT2D eigenvalue weighted by Gasteiger charge is 2.37. The van der Waals surface area contributed by atoms with Gasteiger partial charge >= 0.3 is 5.69 Å². The van der Waals surface area contributed by atoms with Gasteiger partial charge in [0.1, 0.15) is 10.6 Å². The first kappa shape index (κ1) is 32.6. The number of hydrogen-bond donors (Lipinski definition) is 2. The number of piperazine rings is 1. The van der Waals surface area contributed by atoms with Crippen molar-refractivity contribution in [2.45, 2.75) is 57.0 Å². The summed E-state index contributed by atoms with van der Waals surface area (Å²) in [6, 6.07) is 8.88. The molecule has 13 nitrogen and oxygen atoms in total. The van der Waals surface area contributed by atoms with Crippen LogP contribution in [-0.4, -0.2) is 94.2 Å². The number of nitrogens with zero attached hydrogens (tertiary/aromatic N) is 6. The molecular formula is C31H44N8O5S. The lowest BCUT2D eigenvalue weighted by molar-refractivity contribution is -0.121. The molecule has 0 bridgehead atoms. The quantitative estimate of drug-likeness (QED) is 0.304. The van der Waals surface area contributed by atoms with Gasteiger partial charge in [-0.05, 0) is 25.2 Å². The number of nitrogens with one attached hydrogen (secondary N) is 2. The summed E-state index contributed by atoms with van der Waals surface area (Å²) >= 11 is 0. The van der Waals surface area contributed by atoms with Gasteiger partial charge in [-0.15, -0.1) is 0 Å². The van der Waals surface area contributed by atoms with Crippen molar-refractivity contribution < 1.29 is 18.0 Å². The number of carbonyl (C=O) groups excluding carboxylic acids is 2. The molecule has 244 valence electrons. The maximum absolute atomic E-state index is 14.4. The fraction of sp³-hybridized carbons (Fsp3) is 0.548. The summed E-state index contributed by atoms with van der Waals surface area (Å²) in [6.07, 6.45) is 4.81. The molecule has 1 atom stereocenters. The van der Waals surface area contributed by atoms with Crippen molar-refractivity contribution in [1.29, 1.82) is 0 Å². The van der Waals surface area contributed by atoms with E-state index in [0.29, 0.717) is 81.9 Å². The molecule has 4 heterocycles. The highest BCUT2D eigenvalue weighted by Crippen LogP contribution is 2.33. The van der Waals surface area contributed by atoms with E-state index in [1.54, 1.807) is 16.5 Å². The van der Waals surface area contributed by atoms with Crippen molar-refractivity contribution in [3.05, 3.63) is 58.9 Å². The highest BCUT2D eigenvalue weighted by molar-refractivity contribution is 7.89. The first-order valence-electron chi connectivity index (χ1n) is 15.7. The monoisotopic (exact) mass is 640 g/mol. The van der Waals surface area contributed by atoms with Gasteiger partial charge < -0.3 is 15.5 Å². The number of sulfonamides is 1. The fourth-order valence-electron chi connectivity index (χ4n) is 6.15. The summed E-state index contributed by atoms with van der Waals surface area (Å²) in [6.45, 7) is 7.31. The van der Waals surface area contributed by atoms with E-state index < -0.39 is 16.1 Å². The van der Waals surface area contributed by atoms with Crippen molar-refractivity contribution in [1.82, 2.24) is 38.8 Å². The minimum Gasteiger partial charge on any atom is -0.356 e. The Kier molecular flexibility index (Phi) is 10.2. The number of carbonyl (C=O) groups is 2. The average molecular weight is 641 g/mol. The van der Waals surface area contributed by atoms with E-state index in [4.69, 9.17) is 0 Å². The fourth-order valence-corrected chi connectivity index (χ4v) is 7.66. The number of hydrogen-bond acceptors (Lipinski definition) is 7. The summed E-state index contributed by atoms with van der Waals surface area (Å²) in [5, 5.41) is 10.2. The van der Waals surface area contributed by atoms with Gasteiger partial charge in [0, 0.05) is 77.6 Å². The predicted octanol–water partition coefficient (Wildman–Crippen LogP) is 1.67. The molecule has 0 spiro atoms. The van der Waals surface area contributed by atoms with Crippen LogP contribution in [0.5, 0.6) is 0 Å². The zero-order valence-electron chi connectivity index (χ0n) is 26.3. The van der Waals surface area contributed by atoms with Gasteiger partial charge in [0.15, 0.2) is 0 Å². The van der Waals surface area contributed by atoms with Gasteiger partial charge in [-0.1, -0.05) is 44.2 Å². The van der Waals surface area contributed by atoms with E-state index in [-0.39, 0.29) is 41.4 Å². The molecule has 3 aromatic rings. The van der Waals surface area contributed by atoms with Crippen molar-refractivity contribution in [3.8, 4) is 11.3 Å². The molecule has 2 aliphatic rings. The van der Waals surface area contributed by atoms with E-state index in [0.717, 1.165) is 0 Å². The van der Waals surface area contributed by atoms with Gasteiger partial charge in [-0.2, -0.15) is 9.40 Å². The second kappa shape index (κ2) is 14.1. The van der Waals surface area contributed by atoms with Gasteiger partial charge in [0.25, 0.3) is 5.91 Å². The predicted molar refractivity (Wildman–Crippen MR) is 170 cm³/mol. The third-order valence-corrected chi connectivity index (χ3v) is 10.2. The average Bonchev–Trinajstić information content (AvgIpc) is 3.60. The normalized spacial score (nSPS) is 18.0. The van der Waals surface area contributed by atoms with Crippen LogP contribution in [0.25, 0.3) is 11.3 Å². The second-order valence-corrected chi connectivity index (χ2v) is 14.2. The molecule has 45 heavy (non-hydrogen) atoms. The molecule has 2 fully saturated rings. The Morgan fingerprint density at radius 3 is 2.51 bits per heavy atom. The van der Waals surface area contributed by atoms with E-state index in [1.165, 1.54) is 25.9 Å². The van der Waals surface area contributed by atoms with Gasteiger partial charge in [0.05, 0.1) is 17.9 Å². The Hall–Kier alpha value is -3.75. The summed E-state index contributed by atoms with van der Waals surface area (Å²) in [4.78, 5) is 42.9. The highest BCUT2D eigenvalue weighted by atomic mass is 32.2. The molecule has 2 aromatic heterocycles. The maximum atomic E-state index is 14.4. The van der Waals surface area contributed by atoms with Crippen LogP contribution in [-0.2, 0) is 28.4 Å². The number of aryl methyl sites for hydroxylation is 1. The summed E-state index contributed by atoms with van der Waals surface area (Å²) in [5.74, 6) is -0.0461. The molecule has 0 radical (unpaired) electrons. The lowest BCUT2D eigenvalue weighted by Crippen LogP contribution is -2.47. The summed E-state index contributed by atoms with van der Waals surface area (Å²) in [7, 11) is -2.17. The van der Waals surface area contributed by atoms with Gasteiger partial charge in [0.2, 0.25) is 15.9 Å². The van der Waals surface area contributed by atoms with Crippen LogP contribution in [0.3, 0.4) is 0 Å². The van der Waals surface area contributed by atoms with Crippen LogP contribution < -0.4 is 16.3 Å². The summed E-state index contributed by atoms with van der Waals surface area (Å²) < 4.78 is 33.2. The van der Waals surface area contributed by atoms with Crippen LogP contribution in [0.1, 0.15) is 56.1 Å². The molecule has 1 aromatic carbocycles. The van der Waals surface area contributed by atoms with E-state index in [2.05, 4.69) is 15.7 Å². The van der Waals surface area contributed by atoms with Crippen LogP contribution in [0.4, 0.5) is 0 Å². The Balaban J connectivity index is 1.56. The standard InChI is InChI=1S/C31H44N8O5S/c1-23(2)19-27(40)33-12-8-16-38-29(30(41)36-17-13-32-14-18-36)28(24-9-5-4-6-10-24)39(31(38)42)25-11-7-15-37(21-25)45(43,44)26-20-34-35(3)22-26/h4-6,9-10,20,22-23,25,32H,7-8,11-19,21H2,1-3H3,(H,33,40). The molecular weight excluding hydrogens is 596 g/mol. The van der Waals surface area contributed by atoms with Crippen LogP contribution >= 0.6 is 0 Å². The van der Waals surface area contributed by atoms with Crippen molar-refractivity contribution in [2.24, 2.45) is 13.0 Å². The number of rotatable bonds is 11. The van der Waals surface area contributed by atoms with E-state index >= 15 is 0 Å². The SMILES string of the molecule is CC(C)CC(=O)NCCCn1c(C(=O)N2CCNCC2)c(-c2ccccc2)n(C2CCCN(S(=O)(=O)c3cnn(C)c3)C2)c1=O. The molecule has 0 aliphatic carbocycles. The second-order valence-electron chi connectivity index (χ2n) is 12.2. The zero-order valence-corrected chi connectivity index (χ0v) is 27.1. The van der Waals surface area contributed by atoms with Crippen molar-refractivity contribution in [2.75, 3.05) is 45.8 Å². The Bertz CT molecular complexity index is 1650. The van der Waals surface area contributed by atoms with Crippen LogP contribution in [0, 0.1) is 5.92 Å². The van der Waals surface area contributed by atoms with Gasteiger partial charge in [-0.3, -0.25) is 23.4 Å². The third-order valence-electron chi connectivity index (χ3n) is 8.34. The smallest absolute Gasteiger partial charge is 0.329 e. The molecule has 14 heteroatoms. The number of imidazole rings is 1. The lowest BCUT2D eigenvalue weighted by Gasteiger charge is -2.33. The summed E-state index contributed by atoms with van der Waals surface area (Å²) in [5.41, 5.74) is 1.16. The van der Waals surface area contributed by atoms with Gasteiger partial charge in [-0.25, -0.2) is 13.2 Å². The van der Waals surface area contributed by atoms with E-state index in [9.17, 15) is 22.8 Å². The molecule has 0 saturated carbocycles. The molecule has 2 aliphatic heterocycles. The van der Waals surface area contributed by atoms with Crippen LogP contribution in [0.2, 0.25) is 0 Å².